The zero-order valence-corrected chi connectivity index (χ0v) is 14.3. The lowest BCUT2D eigenvalue weighted by Crippen LogP contribution is -2.36. The molecule has 0 bridgehead atoms. The molecule has 1 aliphatic rings. The van der Waals surface area contributed by atoms with Crippen molar-refractivity contribution < 1.29 is 14.6 Å². The Hall–Kier alpha value is -1.75. The molecule has 1 aliphatic heterocycles. The summed E-state index contributed by atoms with van der Waals surface area (Å²) in [5.41, 5.74) is 1.52. The first-order valence-corrected chi connectivity index (χ1v) is 8.34. The molecule has 1 amide bonds. The molecule has 0 aliphatic carbocycles. The molecule has 1 atom stereocenters. The number of nitrogens with zero attached hydrogens (tertiary/aromatic N) is 1. The van der Waals surface area contributed by atoms with E-state index in [0.29, 0.717) is 0 Å². The van der Waals surface area contributed by atoms with Crippen LogP contribution >= 0.6 is 0 Å². The molecule has 1 aromatic carbocycles. The molecule has 1 aromatic rings. The van der Waals surface area contributed by atoms with Gasteiger partial charge in [-0.05, 0) is 57.7 Å². The number of alkyl carbamates (subject to hydrolysis) is 1. The van der Waals surface area contributed by atoms with Gasteiger partial charge in [-0.1, -0.05) is 12.1 Å². The van der Waals surface area contributed by atoms with Crippen LogP contribution in [0.2, 0.25) is 0 Å². The molecule has 2 N–H and O–H groups in total. The van der Waals surface area contributed by atoms with E-state index >= 15 is 0 Å². The predicted octanol–water partition coefficient (Wildman–Crippen LogP) is 3.24. The summed E-state index contributed by atoms with van der Waals surface area (Å²) in [6.07, 6.45) is 3.26. The first-order valence-electron chi connectivity index (χ1n) is 8.34. The van der Waals surface area contributed by atoms with Gasteiger partial charge in [0.15, 0.2) is 0 Å². The smallest absolute Gasteiger partial charge is 0.408 e. The molecule has 0 spiro atoms. The number of aliphatic hydroxyl groups excluding tert-OH is 1. The van der Waals surface area contributed by atoms with Gasteiger partial charge in [-0.2, -0.15) is 0 Å². The van der Waals surface area contributed by atoms with Crippen LogP contribution in [-0.2, 0) is 4.74 Å². The van der Waals surface area contributed by atoms with Gasteiger partial charge in [0.25, 0.3) is 0 Å². The standard InChI is InChI=1S/C18H28N2O3/c1-18(2,3)23-17(22)19-16(13-21)14-7-9-15(10-8-14)20-11-5-4-6-12-20/h7-10,16,21H,4-6,11-13H2,1-3H3,(H,19,22)/t16-/m1/s1. The van der Waals surface area contributed by atoms with Gasteiger partial charge >= 0.3 is 6.09 Å². The van der Waals surface area contributed by atoms with Crippen LogP contribution in [0.1, 0.15) is 51.6 Å². The van der Waals surface area contributed by atoms with Crippen molar-refractivity contribution in [2.24, 2.45) is 0 Å². The summed E-state index contributed by atoms with van der Waals surface area (Å²) in [5.74, 6) is 0. The highest BCUT2D eigenvalue weighted by Crippen LogP contribution is 2.22. The summed E-state index contributed by atoms with van der Waals surface area (Å²) in [5, 5.41) is 12.3. The van der Waals surface area contributed by atoms with Crippen LogP contribution in [0.25, 0.3) is 0 Å². The van der Waals surface area contributed by atoms with Crippen molar-refractivity contribution in [3.63, 3.8) is 0 Å². The highest BCUT2D eigenvalue weighted by molar-refractivity contribution is 5.68. The van der Waals surface area contributed by atoms with Gasteiger partial charge in [0, 0.05) is 18.8 Å². The summed E-state index contributed by atoms with van der Waals surface area (Å²) < 4.78 is 5.24. The van der Waals surface area contributed by atoms with E-state index in [9.17, 15) is 9.90 Å². The number of rotatable bonds is 4. The molecule has 23 heavy (non-hydrogen) atoms. The first kappa shape index (κ1) is 17.6. The Balaban J connectivity index is 1.99. The van der Waals surface area contributed by atoms with E-state index in [1.165, 1.54) is 24.9 Å². The van der Waals surface area contributed by atoms with Crippen molar-refractivity contribution in [3.05, 3.63) is 29.8 Å². The Kier molecular flexibility index (Phi) is 5.88. The molecule has 2 rings (SSSR count). The SMILES string of the molecule is CC(C)(C)OC(=O)N[C@H](CO)c1ccc(N2CCCCC2)cc1. The van der Waals surface area contributed by atoms with Crippen LogP contribution in [0.3, 0.4) is 0 Å². The number of ether oxygens (including phenoxy) is 1. The Morgan fingerprint density at radius 1 is 1.22 bits per heavy atom. The summed E-state index contributed by atoms with van der Waals surface area (Å²) in [7, 11) is 0. The fourth-order valence-corrected chi connectivity index (χ4v) is 2.75. The third-order valence-corrected chi connectivity index (χ3v) is 3.89. The van der Waals surface area contributed by atoms with E-state index in [4.69, 9.17) is 4.74 Å². The summed E-state index contributed by atoms with van der Waals surface area (Å²) >= 11 is 0. The topological polar surface area (TPSA) is 61.8 Å². The number of anilines is 1. The van der Waals surface area contributed by atoms with E-state index in [2.05, 4.69) is 22.3 Å². The number of amides is 1. The lowest BCUT2D eigenvalue weighted by Gasteiger charge is -2.29. The Morgan fingerprint density at radius 2 is 1.83 bits per heavy atom. The monoisotopic (exact) mass is 320 g/mol. The number of carbonyl (C=O) groups excluding carboxylic acids is 1. The third kappa shape index (κ3) is 5.43. The van der Waals surface area contributed by atoms with Gasteiger partial charge in [-0.25, -0.2) is 4.79 Å². The lowest BCUT2D eigenvalue weighted by molar-refractivity contribution is 0.0482. The van der Waals surface area contributed by atoms with E-state index in [0.717, 1.165) is 18.7 Å². The fourth-order valence-electron chi connectivity index (χ4n) is 2.75. The summed E-state index contributed by atoms with van der Waals surface area (Å²) in [6, 6.07) is 7.57. The molecular weight excluding hydrogens is 292 g/mol. The minimum atomic E-state index is -0.553. The third-order valence-electron chi connectivity index (χ3n) is 3.89. The second-order valence-corrected chi connectivity index (χ2v) is 7.02. The number of nitrogens with one attached hydrogen (secondary N) is 1. The highest BCUT2D eigenvalue weighted by Gasteiger charge is 2.20. The molecule has 1 heterocycles. The van der Waals surface area contributed by atoms with Crippen molar-refractivity contribution in [3.8, 4) is 0 Å². The zero-order chi connectivity index (χ0) is 16.9. The van der Waals surface area contributed by atoms with Crippen molar-refractivity contribution in [1.29, 1.82) is 0 Å². The maximum absolute atomic E-state index is 11.9. The molecule has 1 fully saturated rings. The predicted molar refractivity (Wildman–Crippen MR) is 91.7 cm³/mol. The second kappa shape index (κ2) is 7.68. The van der Waals surface area contributed by atoms with Gasteiger partial charge in [-0.3, -0.25) is 0 Å². The van der Waals surface area contributed by atoms with Crippen LogP contribution in [0.5, 0.6) is 0 Å². The molecular formula is C18H28N2O3. The minimum absolute atomic E-state index is 0.164. The summed E-state index contributed by atoms with van der Waals surface area (Å²) in [6.45, 7) is 7.47. The van der Waals surface area contributed by atoms with E-state index in [1.54, 1.807) is 0 Å². The number of piperidine rings is 1. The molecule has 1 saturated heterocycles. The largest absolute Gasteiger partial charge is 0.444 e. The first-order chi connectivity index (χ1) is 10.9. The Bertz CT molecular complexity index is 502. The van der Waals surface area contributed by atoms with Crippen molar-refractivity contribution >= 4 is 11.8 Å². The maximum atomic E-state index is 11.9. The Morgan fingerprint density at radius 3 is 2.35 bits per heavy atom. The van der Waals surface area contributed by atoms with Gasteiger partial charge in [-0.15, -0.1) is 0 Å². The fraction of sp³-hybridized carbons (Fsp3) is 0.611. The molecule has 5 nitrogen and oxygen atoms in total. The molecule has 0 radical (unpaired) electrons. The molecule has 5 heteroatoms. The Labute approximate surface area is 138 Å². The molecule has 0 unspecified atom stereocenters. The van der Waals surface area contributed by atoms with Crippen LogP contribution in [0.15, 0.2) is 24.3 Å². The average molecular weight is 320 g/mol. The van der Waals surface area contributed by atoms with Crippen molar-refractivity contribution in [2.75, 3.05) is 24.6 Å². The van der Waals surface area contributed by atoms with Crippen LogP contribution in [0, 0.1) is 0 Å². The number of aliphatic hydroxyl groups is 1. The second-order valence-electron chi connectivity index (χ2n) is 7.02. The number of carbonyl (C=O) groups is 1. The van der Waals surface area contributed by atoms with E-state index < -0.39 is 17.7 Å². The van der Waals surface area contributed by atoms with E-state index in [-0.39, 0.29) is 6.61 Å². The highest BCUT2D eigenvalue weighted by atomic mass is 16.6. The average Bonchev–Trinajstić information content (AvgIpc) is 2.52. The maximum Gasteiger partial charge on any atom is 0.408 e. The molecule has 0 saturated carbocycles. The lowest BCUT2D eigenvalue weighted by atomic mass is 10.1. The van der Waals surface area contributed by atoms with Gasteiger partial charge in [0.05, 0.1) is 12.6 Å². The van der Waals surface area contributed by atoms with Gasteiger partial charge in [0.2, 0.25) is 0 Å². The van der Waals surface area contributed by atoms with E-state index in [1.807, 2.05) is 32.9 Å². The zero-order valence-electron chi connectivity index (χ0n) is 14.3. The van der Waals surface area contributed by atoms with Gasteiger partial charge < -0.3 is 20.1 Å². The molecule has 0 aromatic heterocycles. The molecule has 128 valence electrons. The van der Waals surface area contributed by atoms with Crippen molar-refractivity contribution in [2.45, 2.75) is 51.7 Å². The van der Waals surface area contributed by atoms with Crippen molar-refractivity contribution in [1.82, 2.24) is 5.32 Å². The van der Waals surface area contributed by atoms with Gasteiger partial charge in [0.1, 0.15) is 5.60 Å². The summed E-state index contributed by atoms with van der Waals surface area (Å²) in [4.78, 5) is 14.2. The number of hydrogen-bond acceptors (Lipinski definition) is 4. The van der Waals surface area contributed by atoms with Crippen LogP contribution in [0.4, 0.5) is 10.5 Å². The number of benzene rings is 1. The normalized spacial score (nSPS) is 16.8. The minimum Gasteiger partial charge on any atom is -0.444 e. The number of hydrogen-bond donors (Lipinski definition) is 2. The van der Waals surface area contributed by atoms with Crippen LogP contribution in [-0.4, -0.2) is 36.5 Å². The quantitative estimate of drug-likeness (QED) is 0.894. The van der Waals surface area contributed by atoms with Crippen LogP contribution < -0.4 is 10.2 Å².